The smallest absolute Gasteiger partial charge is 0.214 e. The molecule has 0 spiro atoms. The molecule has 0 aromatic carbocycles. The third-order valence-electron chi connectivity index (χ3n) is 3.41. The minimum atomic E-state index is 0.457. The van der Waals surface area contributed by atoms with E-state index in [-0.39, 0.29) is 0 Å². The second-order valence-corrected chi connectivity index (χ2v) is 6.48. The molecule has 3 heterocycles. The lowest BCUT2D eigenvalue weighted by atomic mass is 10.1. The van der Waals surface area contributed by atoms with Crippen LogP contribution < -0.4 is 0 Å². The lowest BCUT2D eigenvalue weighted by molar-refractivity contribution is 0.625. The summed E-state index contributed by atoms with van der Waals surface area (Å²) in [5, 5.41) is 17.1. The van der Waals surface area contributed by atoms with Gasteiger partial charge in [-0.3, -0.25) is 0 Å². The van der Waals surface area contributed by atoms with Crippen molar-refractivity contribution in [2.75, 3.05) is 0 Å². The molecule has 3 aromatic rings. The van der Waals surface area contributed by atoms with E-state index in [9.17, 15) is 5.26 Å². The summed E-state index contributed by atoms with van der Waals surface area (Å²) in [5.41, 5.74) is 1.29. The van der Waals surface area contributed by atoms with Gasteiger partial charge in [-0.15, -0.1) is 11.3 Å². The van der Waals surface area contributed by atoms with Crippen molar-refractivity contribution in [3.05, 3.63) is 28.2 Å². The third-order valence-corrected chi connectivity index (χ3v) is 5.36. The lowest BCUT2D eigenvalue weighted by Crippen LogP contribution is -1.97. The first-order chi connectivity index (χ1) is 9.78. The summed E-state index contributed by atoms with van der Waals surface area (Å²) in [6.45, 7) is 4.33. The summed E-state index contributed by atoms with van der Waals surface area (Å²) in [4.78, 5) is 6.43. The largest absolute Gasteiger partial charge is 0.215 e. The second-order valence-electron chi connectivity index (χ2n) is 4.55. The standard InChI is InChI=1S/C14H14N4S2/c1-3-9(4-2)13-17-18-10(8-15)12(16-14(18)20-13)11-6-5-7-19-11/h5-7,9H,3-4H2,1-2H3. The predicted octanol–water partition coefficient (Wildman–Crippen LogP) is 4.29. The molecule has 0 fully saturated rings. The van der Waals surface area contributed by atoms with Crippen molar-refractivity contribution in [1.29, 1.82) is 5.26 Å². The van der Waals surface area contributed by atoms with Crippen molar-refractivity contribution >= 4 is 27.6 Å². The summed E-state index contributed by atoms with van der Waals surface area (Å²) >= 11 is 3.19. The number of hydrogen-bond donors (Lipinski definition) is 0. The molecule has 3 rings (SSSR count). The Morgan fingerprint density at radius 3 is 2.80 bits per heavy atom. The van der Waals surface area contributed by atoms with Crippen LogP contribution in [-0.4, -0.2) is 14.6 Å². The summed E-state index contributed by atoms with van der Waals surface area (Å²) in [6, 6.07) is 6.20. The fraction of sp³-hybridized carbons (Fsp3) is 0.357. The van der Waals surface area contributed by atoms with Gasteiger partial charge in [-0.1, -0.05) is 31.3 Å². The molecule has 0 N–H and O–H groups in total. The predicted molar refractivity (Wildman–Crippen MR) is 82.2 cm³/mol. The van der Waals surface area contributed by atoms with Crippen molar-refractivity contribution < 1.29 is 0 Å². The molecule has 0 atom stereocenters. The van der Waals surface area contributed by atoms with Gasteiger partial charge in [0.15, 0.2) is 5.69 Å². The van der Waals surface area contributed by atoms with Crippen LogP contribution >= 0.6 is 22.7 Å². The van der Waals surface area contributed by atoms with E-state index in [2.05, 4.69) is 30.0 Å². The minimum absolute atomic E-state index is 0.457. The minimum Gasteiger partial charge on any atom is -0.215 e. The molecule has 0 unspecified atom stereocenters. The molecule has 6 heteroatoms. The van der Waals surface area contributed by atoms with Crippen LogP contribution in [-0.2, 0) is 0 Å². The summed E-state index contributed by atoms with van der Waals surface area (Å²) in [6.07, 6.45) is 2.12. The van der Waals surface area contributed by atoms with E-state index in [4.69, 9.17) is 0 Å². The third kappa shape index (κ3) is 2.03. The van der Waals surface area contributed by atoms with Gasteiger partial charge in [-0.25, -0.2) is 4.98 Å². The van der Waals surface area contributed by atoms with E-state index in [1.165, 1.54) is 0 Å². The topological polar surface area (TPSA) is 54.0 Å². The summed E-state index contributed by atoms with van der Waals surface area (Å²) in [5.74, 6) is 0.457. The highest BCUT2D eigenvalue weighted by Crippen LogP contribution is 2.32. The Hall–Kier alpha value is -1.71. The first-order valence-corrected chi connectivity index (χ1v) is 8.31. The quantitative estimate of drug-likeness (QED) is 0.722. The molecule has 0 aliphatic rings. The zero-order chi connectivity index (χ0) is 14.1. The highest BCUT2D eigenvalue weighted by molar-refractivity contribution is 7.17. The van der Waals surface area contributed by atoms with Crippen LogP contribution in [0.15, 0.2) is 17.5 Å². The molecule has 102 valence electrons. The van der Waals surface area contributed by atoms with Gasteiger partial charge in [0, 0.05) is 5.92 Å². The second kappa shape index (κ2) is 5.35. The van der Waals surface area contributed by atoms with Crippen molar-refractivity contribution in [3.63, 3.8) is 0 Å². The Balaban J connectivity index is 2.14. The number of thiophene rings is 1. The number of nitriles is 1. The van der Waals surface area contributed by atoms with Gasteiger partial charge in [-0.2, -0.15) is 14.9 Å². The van der Waals surface area contributed by atoms with E-state index in [1.54, 1.807) is 27.2 Å². The first-order valence-electron chi connectivity index (χ1n) is 6.61. The van der Waals surface area contributed by atoms with Crippen molar-refractivity contribution in [2.45, 2.75) is 32.6 Å². The SMILES string of the molecule is CCC(CC)c1nn2c(C#N)c(-c3cccs3)nc2s1. The molecule has 20 heavy (non-hydrogen) atoms. The molecule has 0 bridgehead atoms. The van der Waals surface area contributed by atoms with Crippen LogP contribution in [0.2, 0.25) is 0 Å². The van der Waals surface area contributed by atoms with E-state index >= 15 is 0 Å². The van der Waals surface area contributed by atoms with E-state index in [1.807, 2.05) is 17.5 Å². The number of rotatable bonds is 4. The maximum atomic E-state index is 9.42. The number of hydrogen-bond acceptors (Lipinski definition) is 5. The number of nitrogens with zero attached hydrogens (tertiary/aromatic N) is 4. The highest BCUT2D eigenvalue weighted by Gasteiger charge is 2.20. The molecule has 3 aromatic heterocycles. The van der Waals surface area contributed by atoms with Gasteiger partial charge in [0.2, 0.25) is 4.96 Å². The van der Waals surface area contributed by atoms with Crippen molar-refractivity contribution in [1.82, 2.24) is 14.6 Å². The Morgan fingerprint density at radius 1 is 1.40 bits per heavy atom. The zero-order valence-corrected chi connectivity index (χ0v) is 13.0. The van der Waals surface area contributed by atoms with Gasteiger partial charge in [0.1, 0.15) is 16.8 Å². The fourth-order valence-corrected chi connectivity index (χ4v) is 4.13. The Bertz CT molecular complexity index is 757. The van der Waals surface area contributed by atoms with E-state index in [0.717, 1.165) is 33.4 Å². The number of fused-ring (bicyclic) bond motifs is 1. The molecule has 0 amide bonds. The Morgan fingerprint density at radius 2 is 2.20 bits per heavy atom. The van der Waals surface area contributed by atoms with Crippen LogP contribution in [0.1, 0.15) is 43.3 Å². The number of aromatic nitrogens is 3. The molecule has 0 radical (unpaired) electrons. The Kier molecular flexibility index (Phi) is 3.55. The molecule has 4 nitrogen and oxygen atoms in total. The van der Waals surface area contributed by atoms with Crippen LogP contribution in [0.25, 0.3) is 15.5 Å². The van der Waals surface area contributed by atoms with Crippen LogP contribution in [0.4, 0.5) is 0 Å². The maximum Gasteiger partial charge on any atom is 0.214 e. The van der Waals surface area contributed by atoms with Crippen LogP contribution in [0, 0.1) is 11.3 Å². The van der Waals surface area contributed by atoms with Crippen molar-refractivity contribution in [3.8, 4) is 16.6 Å². The van der Waals surface area contributed by atoms with Gasteiger partial charge in [0.05, 0.1) is 4.88 Å². The average molecular weight is 302 g/mol. The first kappa shape index (κ1) is 13.3. The summed E-state index contributed by atoms with van der Waals surface area (Å²) in [7, 11) is 0. The molecule has 0 aliphatic carbocycles. The van der Waals surface area contributed by atoms with E-state index in [0.29, 0.717) is 11.6 Å². The molecular weight excluding hydrogens is 288 g/mol. The maximum absolute atomic E-state index is 9.42. The molecular formula is C14H14N4S2. The zero-order valence-electron chi connectivity index (χ0n) is 11.3. The van der Waals surface area contributed by atoms with Crippen LogP contribution in [0.5, 0.6) is 0 Å². The van der Waals surface area contributed by atoms with Crippen molar-refractivity contribution in [2.24, 2.45) is 0 Å². The molecule has 0 saturated heterocycles. The lowest BCUT2D eigenvalue weighted by Gasteiger charge is -2.06. The Labute approximate surface area is 125 Å². The van der Waals surface area contributed by atoms with Gasteiger partial charge >= 0.3 is 0 Å². The highest BCUT2D eigenvalue weighted by atomic mass is 32.1. The average Bonchev–Trinajstić information content (AvgIpc) is 3.14. The van der Waals surface area contributed by atoms with Gasteiger partial charge in [-0.05, 0) is 24.3 Å². The van der Waals surface area contributed by atoms with Gasteiger partial charge in [0.25, 0.3) is 0 Å². The normalized spacial score (nSPS) is 11.3. The monoisotopic (exact) mass is 302 g/mol. The molecule has 0 aliphatic heterocycles. The van der Waals surface area contributed by atoms with Gasteiger partial charge < -0.3 is 0 Å². The molecule has 0 saturated carbocycles. The van der Waals surface area contributed by atoms with Crippen LogP contribution in [0.3, 0.4) is 0 Å². The van der Waals surface area contributed by atoms with E-state index < -0.39 is 0 Å². The summed E-state index contributed by atoms with van der Waals surface area (Å²) < 4.78 is 1.70. The number of imidazole rings is 1. The fourth-order valence-electron chi connectivity index (χ4n) is 2.25.